The Labute approximate surface area is 89.9 Å². The summed E-state index contributed by atoms with van der Waals surface area (Å²) in [4.78, 5) is 0. The number of thiol groups is 1. The molecular weight excluding hydrogens is 179 g/mol. The van der Waals surface area contributed by atoms with Gasteiger partial charge in [-0.15, -0.1) is 0 Å². The molecule has 7 heteroatoms. The Bertz CT molecular complexity index is 144. The average Bonchev–Trinajstić information content (AvgIpc) is 1.82. The molecule has 0 heterocycles. The average molecular weight is 192 g/mol. The Morgan fingerprint density at radius 3 is 2.36 bits per heavy atom. The van der Waals surface area contributed by atoms with Crippen molar-refractivity contribution in [2.75, 3.05) is 6.54 Å². The molecule has 0 saturated heterocycles. The third-order valence-electron chi connectivity index (χ3n) is 0.914. The third kappa shape index (κ3) is 10.8. The molecule has 0 spiro atoms. The summed E-state index contributed by atoms with van der Waals surface area (Å²) in [6, 6.07) is 0. The molecule has 0 rings (SSSR count). The molecule has 1 unspecified atom stereocenters. The van der Waals surface area contributed by atoms with Crippen LogP contribution < -0.4 is 11.5 Å². The van der Waals surface area contributed by atoms with Crippen LogP contribution >= 0.6 is 0 Å². The Hall–Kier alpha value is 0.830. The van der Waals surface area contributed by atoms with Crippen LogP contribution in [0.25, 0.3) is 0 Å². The molecule has 0 aliphatic rings. The fourth-order valence-electron chi connectivity index (χ4n) is 0.482. The van der Waals surface area contributed by atoms with Crippen molar-refractivity contribution in [1.82, 2.24) is 0 Å². The van der Waals surface area contributed by atoms with E-state index in [9.17, 15) is 8.42 Å². The maximum atomic E-state index is 9.88. The third-order valence-corrected chi connectivity index (χ3v) is 1.36. The van der Waals surface area contributed by atoms with E-state index in [2.05, 4.69) is 4.18 Å². The van der Waals surface area contributed by atoms with Crippen LogP contribution in [-0.4, -0.2) is 50.7 Å². The van der Waals surface area contributed by atoms with Crippen molar-refractivity contribution in [1.29, 1.82) is 0 Å². The summed E-state index contributed by atoms with van der Waals surface area (Å²) in [6.45, 7) is 0.493. The van der Waals surface area contributed by atoms with E-state index in [4.69, 9.17) is 11.5 Å². The van der Waals surface area contributed by atoms with Crippen molar-refractivity contribution >= 4 is 40.5 Å². The van der Waals surface area contributed by atoms with Gasteiger partial charge in [0.1, 0.15) is 6.23 Å². The van der Waals surface area contributed by atoms with E-state index in [0.717, 1.165) is 0 Å². The molecule has 1 atom stereocenters. The molecule has 4 N–H and O–H groups in total. The Morgan fingerprint density at radius 2 is 2.00 bits per heavy atom. The SMILES string of the molecule is NCCCC(N)O[SH](=O)=O.[NaH]. The van der Waals surface area contributed by atoms with Crippen molar-refractivity contribution in [3.8, 4) is 0 Å². The van der Waals surface area contributed by atoms with Gasteiger partial charge >= 0.3 is 29.6 Å². The Morgan fingerprint density at radius 1 is 1.45 bits per heavy atom. The van der Waals surface area contributed by atoms with Crippen LogP contribution in [-0.2, 0) is 15.2 Å². The molecular formula is C4H13N2NaO3S. The molecule has 0 amide bonds. The van der Waals surface area contributed by atoms with Crippen molar-refractivity contribution in [2.24, 2.45) is 11.5 Å². The maximum absolute atomic E-state index is 9.88. The van der Waals surface area contributed by atoms with E-state index < -0.39 is 17.2 Å². The first-order chi connectivity index (χ1) is 4.66. The second-order valence-corrected chi connectivity index (χ2v) is 2.46. The van der Waals surface area contributed by atoms with Crippen LogP contribution in [0.15, 0.2) is 0 Å². The van der Waals surface area contributed by atoms with Crippen LogP contribution in [0.4, 0.5) is 0 Å². The quantitative estimate of drug-likeness (QED) is 0.263. The van der Waals surface area contributed by atoms with E-state index in [1.54, 1.807) is 0 Å². The zero-order valence-corrected chi connectivity index (χ0v) is 6.42. The fraction of sp³-hybridized carbons (Fsp3) is 1.00. The number of nitrogens with two attached hydrogens (primary N) is 2. The van der Waals surface area contributed by atoms with Gasteiger partial charge in [0.25, 0.3) is 11.0 Å². The van der Waals surface area contributed by atoms with E-state index >= 15 is 0 Å². The molecule has 0 bridgehead atoms. The summed E-state index contributed by atoms with van der Waals surface area (Å²) < 4.78 is 24.0. The van der Waals surface area contributed by atoms with Gasteiger partial charge in [0.05, 0.1) is 0 Å². The number of rotatable bonds is 5. The minimum absolute atomic E-state index is 0. The monoisotopic (exact) mass is 192 g/mol. The van der Waals surface area contributed by atoms with Crippen molar-refractivity contribution in [2.45, 2.75) is 19.1 Å². The van der Waals surface area contributed by atoms with Crippen LogP contribution in [0.2, 0.25) is 0 Å². The van der Waals surface area contributed by atoms with Crippen LogP contribution in [0, 0.1) is 0 Å². The van der Waals surface area contributed by atoms with Gasteiger partial charge in [0.15, 0.2) is 0 Å². The summed E-state index contributed by atoms with van der Waals surface area (Å²) in [5.74, 6) is 0. The molecule has 64 valence electrons. The van der Waals surface area contributed by atoms with E-state index in [-0.39, 0.29) is 29.6 Å². The van der Waals surface area contributed by atoms with Gasteiger partial charge in [-0.1, -0.05) is 0 Å². The standard InChI is InChI=1S/C4H12N2O3S.Na.H/c5-3-1-2-4(6)9-10(7)8;;/h4,10H,1-3,5-6H2;;. The van der Waals surface area contributed by atoms with Gasteiger partial charge in [-0.05, 0) is 19.4 Å². The zero-order chi connectivity index (χ0) is 7.98. The molecule has 0 fully saturated rings. The summed E-state index contributed by atoms with van der Waals surface area (Å²) in [5, 5.41) is 0. The van der Waals surface area contributed by atoms with Crippen LogP contribution in [0.1, 0.15) is 12.8 Å². The topological polar surface area (TPSA) is 95.4 Å². The van der Waals surface area contributed by atoms with Crippen molar-refractivity contribution in [3.05, 3.63) is 0 Å². The Balaban J connectivity index is 0. The van der Waals surface area contributed by atoms with Gasteiger partial charge < -0.3 is 11.5 Å². The molecule has 0 aliphatic heterocycles. The molecule has 5 nitrogen and oxygen atoms in total. The normalized spacial score (nSPS) is 12.6. The number of hydrogen-bond donors (Lipinski definition) is 3. The zero-order valence-electron chi connectivity index (χ0n) is 5.53. The van der Waals surface area contributed by atoms with Gasteiger partial charge in [-0.25, -0.2) is 8.42 Å². The Kier molecular flexibility index (Phi) is 11.6. The predicted molar refractivity (Wildman–Crippen MR) is 44.8 cm³/mol. The van der Waals surface area contributed by atoms with Gasteiger partial charge in [0.2, 0.25) is 0 Å². The first-order valence-electron chi connectivity index (χ1n) is 2.93. The molecule has 0 aromatic heterocycles. The van der Waals surface area contributed by atoms with Gasteiger partial charge in [-0.2, -0.15) is 0 Å². The minimum atomic E-state index is -2.82. The first kappa shape index (κ1) is 14.4. The summed E-state index contributed by atoms with van der Waals surface area (Å²) in [6.07, 6.45) is 0.411. The fourth-order valence-corrected chi connectivity index (χ4v) is 0.809. The van der Waals surface area contributed by atoms with E-state index in [0.29, 0.717) is 19.4 Å². The molecule has 0 saturated carbocycles. The van der Waals surface area contributed by atoms with Crippen molar-refractivity contribution < 1.29 is 12.6 Å². The molecule has 0 radical (unpaired) electrons. The summed E-state index contributed by atoms with van der Waals surface area (Å²) in [5.41, 5.74) is 10.3. The van der Waals surface area contributed by atoms with Crippen molar-refractivity contribution in [3.63, 3.8) is 0 Å². The molecule has 0 aromatic rings. The molecule has 0 aliphatic carbocycles. The molecule has 11 heavy (non-hydrogen) atoms. The second-order valence-electron chi connectivity index (χ2n) is 1.80. The predicted octanol–water partition coefficient (Wildman–Crippen LogP) is -2.10. The number of hydrogen-bond acceptors (Lipinski definition) is 5. The summed E-state index contributed by atoms with van der Waals surface area (Å²) >= 11 is 0. The molecule has 0 aromatic carbocycles. The summed E-state index contributed by atoms with van der Waals surface area (Å²) in [7, 11) is -2.82. The van der Waals surface area contributed by atoms with Crippen LogP contribution in [0.3, 0.4) is 0 Å². The second kappa shape index (κ2) is 8.92. The van der Waals surface area contributed by atoms with Crippen LogP contribution in [0.5, 0.6) is 0 Å². The van der Waals surface area contributed by atoms with Gasteiger partial charge in [-0.3, -0.25) is 4.18 Å². The van der Waals surface area contributed by atoms with E-state index in [1.807, 2.05) is 0 Å². The van der Waals surface area contributed by atoms with E-state index in [1.165, 1.54) is 0 Å². The van der Waals surface area contributed by atoms with Gasteiger partial charge in [0, 0.05) is 0 Å². The first-order valence-corrected chi connectivity index (χ1v) is 4.03.